The number of imide groups is 1. The maximum atomic E-state index is 12.5. The van der Waals surface area contributed by atoms with Crippen molar-refractivity contribution in [3.05, 3.63) is 51.3 Å². The Kier molecular flexibility index (Phi) is 3.99. The van der Waals surface area contributed by atoms with Crippen molar-refractivity contribution in [2.24, 2.45) is 0 Å². The van der Waals surface area contributed by atoms with E-state index in [4.69, 9.17) is 10.5 Å². The molecule has 3 N–H and O–H groups in total. The molecule has 0 saturated carbocycles. The van der Waals surface area contributed by atoms with E-state index in [1.807, 2.05) is 0 Å². The molecule has 0 saturated heterocycles. The fraction of sp³-hybridized carbons (Fsp3) is 0.176. The van der Waals surface area contributed by atoms with Crippen LogP contribution in [0.2, 0.25) is 0 Å². The summed E-state index contributed by atoms with van der Waals surface area (Å²) in [5.41, 5.74) is 5.77. The van der Waals surface area contributed by atoms with E-state index in [1.54, 1.807) is 14.1 Å². The number of hydrogen-bond acceptors (Lipinski definition) is 6. The summed E-state index contributed by atoms with van der Waals surface area (Å²) in [5, 5.41) is 2.10. The van der Waals surface area contributed by atoms with Gasteiger partial charge in [-0.1, -0.05) is 0 Å². The van der Waals surface area contributed by atoms with Crippen molar-refractivity contribution in [3.63, 3.8) is 0 Å². The highest BCUT2D eigenvalue weighted by atomic mass is 16.5. The monoisotopic (exact) mass is 356 g/mol. The number of nitrogens with one attached hydrogen (secondary N) is 1. The first-order valence-corrected chi connectivity index (χ1v) is 7.57. The van der Waals surface area contributed by atoms with E-state index in [-0.39, 0.29) is 34.1 Å². The third-order valence-corrected chi connectivity index (χ3v) is 4.03. The second-order valence-electron chi connectivity index (χ2n) is 5.86. The normalized spacial score (nSPS) is 12.6. The molecule has 2 heterocycles. The SMILES string of the molecule is COc1ccc(-n2c(N)c3c(cc2=O)C(=O)NC3=O)cc1C(=O)N(C)C. The number of pyridine rings is 1. The van der Waals surface area contributed by atoms with E-state index in [2.05, 4.69) is 5.32 Å². The minimum absolute atomic E-state index is 0.0631. The number of benzene rings is 1. The van der Waals surface area contributed by atoms with Crippen molar-refractivity contribution in [1.29, 1.82) is 0 Å². The van der Waals surface area contributed by atoms with Gasteiger partial charge in [-0.15, -0.1) is 0 Å². The molecule has 9 heteroatoms. The molecule has 1 aromatic heterocycles. The Morgan fingerprint density at radius 3 is 2.46 bits per heavy atom. The highest BCUT2D eigenvalue weighted by molar-refractivity contribution is 6.23. The standard InChI is InChI=1S/C17H16N4O5/c1-20(2)17(25)9-6-8(4-5-11(9)26-3)21-12(22)7-10-13(14(21)18)16(24)19-15(10)23/h4-7H,18H2,1-3H3,(H,19,23,24). The highest BCUT2D eigenvalue weighted by Gasteiger charge is 2.32. The average molecular weight is 356 g/mol. The van der Waals surface area contributed by atoms with Gasteiger partial charge in [-0.25, -0.2) is 0 Å². The van der Waals surface area contributed by atoms with E-state index >= 15 is 0 Å². The van der Waals surface area contributed by atoms with Crippen LogP contribution in [-0.4, -0.2) is 48.4 Å². The highest BCUT2D eigenvalue weighted by Crippen LogP contribution is 2.26. The molecule has 1 aliphatic heterocycles. The van der Waals surface area contributed by atoms with Crippen LogP contribution in [0.4, 0.5) is 5.82 Å². The molecule has 0 fully saturated rings. The molecular weight excluding hydrogens is 340 g/mol. The number of methoxy groups -OCH3 is 1. The van der Waals surface area contributed by atoms with Gasteiger partial charge in [0.1, 0.15) is 11.6 Å². The molecule has 0 aliphatic carbocycles. The smallest absolute Gasteiger partial charge is 0.262 e. The molecule has 134 valence electrons. The third-order valence-electron chi connectivity index (χ3n) is 4.03. The molecule has 0 atom stereocenters. The Morgan fingerprint density at radius 2 is 1.85 bits per heavy atom. The van der Waals surface area contributed by atoms with Gasteiger partial charge in [0, 0.05) is 20.2 Å². The average Bonchev–Trinajstić information content (AvgIpc) is 2.87. The number of anilines is 1. The van der Waals surface area contributed by atoms with Gasteiger partial charge in [-0.3, -0.25) is 29.1 Å². The predicted octanol–water partition coefficient (Wildman–Crippen LogP) is 0.0137. The molecule has 0 spiro atoms. The lowest BCUT2D eigenvalue weighted by Gasteiger charge is -2.17. The second kappa shape index (κ2) is 6.03. The quantitative estimate of drug-likeness (QED) is 0.747. The van der Waals surface area contributed by atoms with Crippen LogP contribution in [0, 0.1) is 0 Å². The van der Waals surface area contributed by atoms with Crippen LogP contribution in [0.25, 0.3) is 5.69 Å². The number of nitrogen functional groups attached to an aromatic ring is 1. The van der Waals surface area contributed by atoms with Crippen LogP contribution in [0.3, 0.4) is 0 Å². The van der Waals surface area contributed by atoms with E-state index in [0.717, 1.165) is 10.6 Å². The summed E-state index contributed by atoms with van der Waals surface area (Å²) < 4.78 is 6.27. The third kappa shape index (κ3) is 2.50. The maximum absolute atomic E-state index is 12.5. The first kappa shape index (κ1) is 17.2. The number of nitrogens with two attached hydrogens (primary N) is 1. The number of carbonyl (C=O) groups excluding carboxylic acids is 3. The molecular formula is C17H16N4O5. The van der Waals surface area contributed by atoms with E-state index < -0.39 is 17.4 Å². The zero-order valence-electron chi connectivity index (χ0n) is 14.3. The fourth-order valence-corrected chi connectivity index (χ4v) is 2.79. The summed E-state index contributed by atoms with van der Waals surface area (Å²) in [5.74, 6) is -1.52. The van der Waals surface area contributed by atoms with Crippen molar-refractivity contribution in [2.75, 3.05) is 26.9 Å². The number of hydrogen-bond donors (Lipinski definition) is 2. The lowest BCUT2D eigenvalue weighted by molar-refractivity contribution is 0.0822. The van der Waals surface area contributed by atoms with Crippen LogP contribution in [0.5, 0.6) is 5.75 Å². The molecule has 26 heavy (non-hydrogen) atoms. The Bertz CT molecular complexity index is 1020. The van der Waals surface area contributed by atoms with Gasteiger partial charge < -0.3 is 15.4 Å². The molecule has 3 rings (SSSR count). The first-order valence-electron chi connectivity index (χ1n) is 7.57. The topological polar surface area (TPSA) is 124 Å². The molecule has 1 aromatic carbocycles. The number of carbonyl (C=O) groups is 3. The molecule has 0 bridgehead atoms. The van der Waals surface area contributed by atoms with Gasteiger partial charge in [0.2, 0.25) is 0 Å². The van der Waals surface area contributed by atoms with E-state index in [9.17, 15) is 19.2 Å². The Balaban J connectivity index is 2.26. The van der Waals surface area contributed by atoms with Gasteiger partial charge in [-0.05, 0) is 18.2 Å². The van der Waals surface area contributed by atoms with Crippen molar-refractivity contribution < 1.29 is 19.1 Å². The van der Waals surface area contributed by atoms with Crippen LogP contribution in [-0.2, 0) is 0 Å². The first-order chi connectivity index (χ1) is 12.3. The van der Waals surface area contributed by atoms with Crippen LogP contribution in [0.15, 0.2) is 29.1 Å². The minimum atomic E-state index is -0.672. The zero-order valence-corrected chi connectivity index (χ0v) is 14.3. The lowest BCUT2D eigenvalue weighted by atomic mass is 10.1. The van der Waals surface area contributed by atoms with Gasteiger partial charge in [0.25, 0.3) is 23.3 Å². The molecule has 2 aromatic rings. The maximum Gasteiger partial charge on any atom is 0.262 e. The van der Waals surface area contributed by atoms with E-state index in [1.165, 1.54) is 30.2 Å². The molecule has 0 radical (unpaired) electrons. The Labute approximate surface area is 148 Å². The molecule has 9 nitrogen and oxygen atoms in total. The number of ether oxygens (including phenoxy) is 1. The van der Waals surface area contributed by atoms with E-state index in [0.29, 0.717) is 5.75 Å². The summed E-state index contributed by atoms with van der Waals surface area (Å²) in [6, 6.07) is 5.55. The Hall–Kier alpha value is -3.62. The second-order valence-corrected chi connectivity index (χ2v) is 5.86. The van der Waals surface area contributed by atoms with Gasteiger partial charge in [0.15, 0.2) is 0 Å². The Morgan fingerprint density at radius 1 is 1.15 bits per heavy atom. The summed E-state index contributed by atoms with van der Waals surface area (Å²) in [6.07, 6.45) is 0. The van der Waals surface area contributed by atoms with Crippen LogP contribution < -0.4 is 21.3 Å². The van der Waals surface area contributed by atoms with Gasteiger partial charge in [-0.2, -0.15) is 0 Å². The number of fused-ring (bicyclic) bond motifs is 1. The number of amides is 3. The summed E-state index contributed by atoms with van der Waals surface area (Å²) in [6.45, 7) is 0. The number of aromatic nitrogens is 1. The van der Waals surface area contributed by atoms with Gasteiger partial charge in [0.05, 0.1) is 29.5 Å². The number of nitrogens with zero attached hydrogens (tertiary/aromatic N) is 2. The molecule has 0 unspecified atom stereocenters. The summed E-state index contributed by atoms with van der Waals surface area (Å²) in [7, 11) is 4.59. The van der Waals surface area contributed by atoms with Crippen LogP contribution >= 0.6 is 0 Å². The van der Waals surface area contributed by atoms with Crippen molar-refractivity contribution >= 4 is 23.5 Å². The van der Waals surface area contributed by atoms with Crippen LogP contribution in [0.1, 0.15) is 31.1 Å². The molecule has 3 amide bonds. The largest absolute Gasteiger partial charge is 0.496 e. The predicted molar refractivity (Wildman–Crippen MR) is 92.8 cm³/mol. The fourth-order valence-electron chi connectivity index (χ4n) is 2.79. The summed E-state index contributed by atoms with van der Waals surface area (Å²) in [4.78, 5) is 49.9. The van der Waals surface area contributed by atoms with Crippen molar-refractivity contribution in [3.8, 4) is 11.4 Å². The molecule has 1 aliphatic rings. The zero-order chi connectivity index (χ0) is 19.2. The van der Waals surface area contributed by atoms with Crippen molar-refractivity contribution in [2.45, 2.75) is 0 Å². The minimum Gasteiger partial charge on any atom is -0.496 e. The van der Waals surface area contributed by atoms with Crippen molar-refractivity contribution in [1.82, 2.24) is 14.8 Å². The summed E-state index contributed by atoms with van der Waals surface area (Å²) >= 11 is 0. The lowest BCUT2D eigenvalue weighted by Crippen LogP contribution is -2.25. The van der Waals surface area contributed by atoms with Gasteiger partial charge >= 0.3 is 0 Å². The number of rotatable bonds is 3.